The summed E-state index contributed by atoms with van der Waals surface area (Å²) in [6.07, 6.45) is 0.940. The van der Waals surface area contributed by atoms with E-state index in [9.17, 15) is 14.4 Å². The third-order valence-electron chi connectivity index (χ3n) is 7.09. The van der Waals surface area contributed by atoms with Gasteiger partial charge in [-0.05, 0) is 52.0 Å². The molecule has 10 nitrogen and oxygen atoms in total. The standard InChI is InChI=1S/C29H37N3O7S/c1-7-38-27(34)19-11-13-31(14-12-19)23(33)15-20-16-40-29-30-18(4)24(28(35)39-17(2)3)25(32(20)29)21-9-8-10-22(36-5)26(21)37-6/h8-10,16-17,19,25H,7,11-15H2,1-6H3. The summed E-state index contributed by atoms with van der Waals surface area (Å²) in [4.78, 5) is 47.5. The summed E-state index contributed by atoms with van der Waals surface area (Å²) in [5.41, 5.74) is 2.33. The first-order valence-electron chi connectivity index (χ1n) is 13.5. The smallest absolute Gasteiger partial charge is 0.338 e. The Morgan fingerprint density at radius 2 is 1.85 bits per heavy atom. The van der Waals surface area contributed by atoms with Gasteiger partial charge in [0.1, 0.15) is 0 Å². The molecule has 3 heterocycles. The molecule has 1 unspecified atom stereocenters. The number of piperidine rings is 1. The van der Waals surface area contributed by atoms with Crippen molar-refractivity contribution in [3.05, 3.63) is 46.1 Å². The number of para-hydroxylation sites is 1. The molecule has 3 aliphatic heterocycles. The second kappa shape index (κ2) is 12.8. The van der Waals surface area contributed by atoms with E-state index in [0.29, 0.717) is 66.0 Å². The first-order valence-corrected chi connectivity index (χ1v) is 14.4. The van der Waals surface area contributed by atoms with Gasteiger partial charge in [0.15, 0.2) is 16.7 Å². The predicted octanol–water partition coefficient (Wildman–Crippen LogP) is 4.42. The van der Waals surface area contributed by atoms with E-state index in [0.717, 1.165) is 5.70 Å². The number of amidine groups is 1. The summed E-state index contributed by atoms with van der Waals surface area (Å²) in [7, 11) is 3.12. The van der Waals surface area contributed by atoms with Crippen LogP contribution in [-0.4, -0.2) is 72.8 Å². The molecule has 1 fully saturated rings. The van der Waals surface area contributed by atoms with E-state index in [4.69, 9.17) is 23.9 Å². The van der Waals surface area contributed by atoms with E-state index in [2.05, 4.69) is 0 Å². The second-order valence-corrected chi connectivity index (χ2v) is 10.9. The Kier molecular flexibility index (Phi) is 9.44. The first-order chi connectivity index (χ1) is 19.2. The number of thioether (sulfide) groups is 1. The van der Waals surface area contributed by atoms with Crippen LogP contribution in [0.15, 0.2) is 45.6 Å². The molecule has 216 valence electrons. The van der Waals surface area contributed by atoms with Crippen LogP contribution in [0.5, 0.6) is 11.5 Å². The Bertz CT molecular complexity index is 1250. The molecule has 0 radical (unpaired) electrons. The lowest BCUT2D eigenvalue weighted by Gasteiger charge is -2.38. The van der Waals surface area contributed by atoms with Crippen LogP contribution in [0.3, 0.4) is 0 Å². The number of likely N-dealkylation sites (tertiary alicyclic amines) is 1. The number of rotatable bonds is 9. The number of methoxy groups -OCH3 is 2. The maximum Gasteiger partial charge on any atom is 0.338 e. The second-order valence-electron chi connectivity index (χ2n) is 10.0. The van der Waals surface area contributed by atoms with Gasteiger partial charge in [-0.15, -0.1) is 0 Å². The summed E-state index contributed by atoms with van der Waals surface area (Å²) < 4.78 is 22.1. The highest BCUT2D eigenvalue weighted by molar-refractivity contribution is 8.16. The summed E-state index contributed by atoms with van der Waals surface area (Å²) in [5.74, 6) is 0.104. The van der Waals surface area contributed by atoms with E-state index < -0.39 is 12.0 Å². The molecule has 0 saturated carbocycles. The van der Waals surface area contributed by atoms with Crippen LogP contribution < -0.4 is 9.47 Å². The number of amides is 1. The molecule has 1 aromatic rings. The summed E-state index contributed by atoms with van der Waals surface area (Å²) >= 11 is 1.41. The molecule has 0 bridgehead atoms. The SMILES string of the molecule is CCOC(=O)C1CCN(C(=O)CC2=CSC3=NC(C)=C(C(=O)OC(C)C)C(c4cccc(OC)c4OC)N23)CC1. The molecule has 0 N–H and O–H groups in total. The highest BCUT2D eigenvalue weighted by atomic mass is 32.2. The highest BCUT2D eigenvalue weighted by Gasteiger charge is 2.43. The van der Waals surface area contributed by atoms with Crippen molar-refractivity contribution in [2.75, 3.05) is 33.9 Å². The number of aliphatic imine (C=N–C) groups is 1. The Labute approximate surface area is 239 Å². The number of allylic oxidation sites excluding steroid dienone is 1. The number of nitrogens with zero attached hydrogens (tertiary/aromatic N) is 3. The number of hydrogen-bond acceptors (Lipinski definition) is 10. The van der Waals surface area contributed by atoms with Gasteiger partial charge in [-0.25, -0.2) is 9.79 Å². The average molecular weight is 572 g/mol. The lowest BCUT2D eigenvalue weighted by molar-refractivity contribution is -0.151. The van der Waals surface area contributed by atoms with Crippen molar-refractivity contribution in [3.8, 4) is 11.5 Å². The molecule has 1 atom stereocenters. The zero-order valence-corrected chi connectivity index (χ0v) is 24.7. The van der Waals surface area contributed by atoms with Gasteiger partial charge in [0.2, 0.25) is 5.91 Å². The lowest BCUT2D eigenvalue weighted by atomic mass is 9.92. The maximum absolute atomic E-state index is 13.5. The topological polar surface area (TPSA) is 107 Å². The zero-order valence-electron chi connectivity index (χ0n) is 23.9. The third kappa shape index (κ3) is 5.99. The molecule has 11 heteroatoms. The molecule has 40 heavy (non-hydrogen) atoms. The van der Waals surface area contributed by atoms with Gasteiger partial charge in [-0.3, -0.25) is 9.59 Å². The normalized spacial score (nSPS) is 19.2. The number of benzene rings is 1. The molecular formula is C29H37N3O7S. The van der Waals surface area contributed by atoms with Crippen LogP contribution in [0.4, 0.5) is 0 Å². The summed E-state index contributed by atoms with van der Waals surface area (Å²) in [6.45, 7) is 8.51. The minimum atomic E-state index is -0.646. The fraction of sp³-hybridized carbons (Fsp3) is 0.517. The molecule has 0 aliphatic carbocycles. The predicted molar refractivity (Wildman–Crippen MR) is 152 cm³/mol. The van der Waals surface area contributed by atoms with Crippen LogP contribution in [0, 0.1) is 5.92 Å². The highest BCUT2D eigenvalue weighted by Crippen LogP contribution is 2.49. The van der Waals surface area contributed by atoms with E-state index in [1.165, 1.54) is 11.8 Å². The van der Waals surface area contributed by atoms with Crippen molar-refractivity contribution in [2.45, 2.75) is 59.1 Å². The van der Waals surface area contributed by atoms with Gasteiger partial charge in [0.25, 0.3) is 0 Å². The van der Waals surface area contributed by atoms with Gasteiger partial charge in [0, 0.05) is 24.4 Å². The van der Waals surface area contributed by atoms with Crippen LogP contribution in [0.2, 0.25) is 0 Å². The monoisotopic (exact) mass is 571 g/mol. The van der Waals surface area contributed by atoms with Crippen molar-refractivity contribution >= 4 is 34.8 Å². The van der Waals surface area contributed by atoms with E-state index in [1.54, 1.807) is 52.9 Å². The number of ether oxygens (including phenoxy) is 4. The summed E-state index contributed by atoms with van der Waals surface area (Å²) in [6, 6.07) is 4.87. The maximum atomic E-state index is 13.5. The average Bonchev–Trinajstić information content (AvgIpc) is 3.33. The van der Waals surface area contributed by atoms with Crippen molar-refractivity contribution in [3.63, 3.8) is 0 Å². The molecule has 3 aliphatic rings. The minimum absolute atomic E-state index is 0.0515. The fourth-order valence-electron chi connectivity index (χ4n) is 5.22. The van der Waals surface area contributed by atoms with Gasteiger partial charge in [-0.1, -0.05) is 23.9 Å². The minimum Gasteiger partial charge on any atom is -0.493 e. The molecule has 1 saturated heterocycles. The summed E-state index contributed by atoms with van der Waals surface area (Å²) in [5, 5.41) is 2.57. The Morgan fingerprint density at radius 1 is 1.12 bits per heavy atom. The van der Waals surface area contributed by atoms with Gasteiger partial charge in [0.05, 0.1) is 56.6 Å². The van der Waals surface area contributed by atoms with Crippen molar-refractivity contribution in [1.82, 2.24) is 9.80 Å². The van der Waals surface area contributed by atoms with Gasteiger partial charge >= 0.3 is 11.9 Å². The van der Waals surface area contributed by atoms with E-state index in [-0.39, 0.29) is 30.3 Å². The van der Waals surface area contributed by atoms with Crippen LogP contribution in [0.25, 0.3) is 0 Å². The molecule has 0 spiro atoms. The largest absolute Gasteiger partial charge is 0.493 e. The molecule has 0 aromatic heterocycles. The molecule has 4 rings (SSSR count). The van der Waals surface area contributed by atoms with E-state index >= 15 is 0 Å². The first kappa shape index (κ1) is 29.5. The number of fused-ring (bicyclic) bond motifs is 1. The van der Waals surface area contributed by atoms with Gasteiger partial charge in [-0.2, -0.15) is 0 Å². The number of carbonyl (C=O) groups is 3. The zero-order chi connectivity index (χ0) is 29.0. The Balaban J connectivity index is 1.64. The number of carbonyl (C=O) groups excluding carboxylic acids is 3. The van der Waals surface area contributed by atoms with Crippen LogP contribution >= 0.6 is 11.8 Å². The fourth-order valence-corrected chi connectivity index (χ4v) is 6.19. The number of esters is 2. The third-order valence-corrected chi connectivity index (χ3v) is 7.98. The molecular weight excluding hydrogens is 534 g/mol. The van der Waals surface area contributed by atoms with Crippen molar-refractivity contribution in [1.29, 1.82) is 0 Å². The van der Waals surface area contributed by atoms with Crippen LogP contribution in [-0.2, 0) is 23.9 Å². The van der Waals surface area contributed by atoms with E-state index in [1.807, 2.05) is 22.4 Å². The van der Waals surface area contributed by atoms with Crippen LogP contribution in [0.1, 0.15) is 58.6 Å². The Morgan fingerprint density at radius 3 is 2.48 bits per heavy atom. The molecule has 1 aromatic carbocycles. The molecule has 1 amide bonds. The lowest BCUT2D eigenvalue weighted by Crippen LogP contribution is -2.42. The Hall–Kier alpha value is -3.47. The number of hydrogen-bond donors (Lipinski definition) is 0. The van der Waals surface area contributed by atoms with Crippen molar-refractivity contribution < 1.29 is 33.3 Å². The van der Waals surface area contributed by atoms with Gasteiger partial charge < -0.3 is 28.7 Å². The van der Waals surface area contributed by atoms with Crippen molar-refractivity contribution in [2.24, 2.45) is 10.9 Å². The quantitative estimate of drug-likeness (QED) is 0.398.